The Bertz CT molecular complexity index is 269. The molecule has 2 nitrogen and oxygen atoms in total. The molecule has 0 bridgehead atoms. The Labute approximate surface area is 59.4 Å². The van der Waals surface area contributed by atoms with Gasteiger partial charge in [-0.2, -0.15) is 0 Å². The van der Waals surface area contributed by atoms with Gasteiger partial charge < -0.3 is 5.73 Å². The number of fused-ring (bicyclic) bond motifs is 1. The van der Waals surface area contributed by atoms with Crippen LogP contribution in [0.25, 0.3) is 0 Å². The molecule has 2 aliphatic rings. The number of allylic oxidation sites excluding steroid dienone is 4. The number of hydrogen-bond acceptors (Lipinski definition) is 2. The predicted molar refractivity (Wildman–Crippen MR) is 41.5 cm³/mol. The fourth-order valence-electron chi connectivity index (χ4n) is 1.14. The molecule has 2 N–H and O–H groups in total. The van der Waals surface area contributed by atoms with Crippen molar-refractivity contribution < 1.29 is 0 Å². The van der Waals surface area contributed by atoms with Gasteiger partial charge in [0.15, 0.2) is 0 Å². The highest BCUT2D eigenvalue weighted by atomic mass is 14.7. The molecule has 0 aromatic carbocycles. The summed E-state index contributed by atoms with van der Waals surface area (Å²) in [5.41, 5.74) is 7.40. The fourth-order valence-corrected chi connectivity index (χ4v) is 1.14. The van der Waals surface area contributed by atoms with Crippen LogP contribution in [-0.2, 0) is 0 Å². The lowest BCUT2D eigenvalue weighted by Crippen LogP contribution is -2.11. The highest BCUT2D eigenvalue weighted by Crippen LogP contribution is 2.17. The smallest absolute Gasteiger partial charge is 0.0531 e. The van der Waals surface area contributed by atoms with E-state index in [4.69, 9.17) is 5.73 Å². The molecular formula is C8H8N2. The number of hydrogen-bond donors (Lipinski definition) is 1. The fraction of sp³-hybridized carbons (Fsp3) is 0.125. The Balaban J connectivity index is 2.39. The molecule has 1 heterocycles. The molecule has 0 saturated heterocycles. The van der Waals surface area contributed by atoms with Gasteiger partial charge in [0.05, 0.1) is 5.71 Å². The lowest BCUT2D eigenvalue weighted by Gasteiger charge is -2.07. The van der Waals surface area contributed by atoms with Crippen molar-refractivity contribution in [3.63, 3.8) is 0 Å². The van der Waals surface area contributed by atoms with E-state index in [9.17, 15) is 0 Å². The zero-order chi connectivity index (χ0) is 6.97. The summed E-state index contributed by atoms with van der Waals surface area (Å²) in [6.07, 6.45) is 9.75. The molecular weight excluding hydrogens is 124 g/mol. The van der Waals surface area contributed by atoms with Crippen LogP contribution in [0.4, 0.5) is 0 Å². The Kier molecular flexibility index (Phi) is 1.01. The second-order valence-electron chi connectivity index (χ2n) is 2.42. The first kappa shape index (κ1) is 5.47. The van der Waals surface area contributed by atoms with Gasteiger partial charge in [0.1, 0.15) is 0 Å². The summed E-state index contributed by atoms with van der Waals surface area (Å²) < 4.78 is 0. The van der Waals surface area contributed by atoms with Gasteiger partial charge in [-0.3, -0.25) is 4.99 Å². The largest absolute Gasteiger partial charge is 0.399 e. The lowest BCUT2D eigenvalue weighted by atomic mass is 9.99. The molecule has 0 saturated carbocycles. The van der Waals surface area contributed by atoms with E-state index in [0.29, 0.717) is 5.92 Å². The van der Waals surface area contributed by atoms with Crippen molar-refractivity contribution in [2.45, 2.75) is 0 Å². The van der Waals surface area contributed by atoms with Gasteiger partial charge in [0, 0.05) is 17.8 Å². The minimum Gasteiger partial charge on any atom is -0.399 e. The summed E-state index contributed by atoms with van der Waals surface area (Å²) in [5, 5.41) is 0. The molecule has 1 aliphatic heterocycles. The van der Waals surface area contributed by atoms with Crippen LogP contribution >= 0.6 is 0 Å². The third-order valence-electron chi connectivity index (χ3n) is 1.67. The van der Waals surface area contributed by atoms with Crippen molar-refractivity contribution in [3.05, 3.63) is 36.2 Å². The third kappa shape index (κ3) is 0.692. The van der Waals surface area contributed by atoms with E-state index >= 15 is 0 Å². The second-order valence-corrected chi connectivity index (χ2v) is 2.42. The average molecular weight is 132 g/mol. The summed E-state index contributed by atoms with van der Waals surface area (Å²) in [6.45, 7) is 0. The first-order valence-electron chi connectivity index (χ1n) is 3.26. The number of aliphatic imine (C=N–C) groups is 1. The summed E-state index contributed by atoms with van der Waals surface area (Å²) >= 11 is 0. The van der Waals surface area contributed by atoms with Crippen LogP contribution in [0.5, 0.6) is 0 Å². The van der Waals surface area contributed by atoms with Crippen LogP contribution < -0.4 is 5.73 Å². The average Bonchev–Trinajstić information content (AvgIpc) is 2.33. The Morgan fingerprint density at radius 1 is 1.40 bits per heavy atom. The summed E-state index contributed by atoms with van der Waals surface area (Å²) in [5.74, 6) is 0.382. The van der Waals surface area contributed by atoms with Gasteiger partial charge in [-0.05, 0) is 12.2 Å². The van der Waals surface area contributed by atoms with E-state index in [0.717, 1.165) is 11.4 Å². The van der Waals surface area contributed by atoms with Gasteiger partial charge in [0.2, 0.25) is 0 Å². The molecule has 0 unspecified atom stereocenters. The van der Waals surface area contributed by atoms with Gasteiger partial charge in [0.25, 0.3) is 0 Å². The quantitative estimate of drug-likeness (QED) is 0.524. The Morgan fingerprint density at radius 3 is 3.20 bits per heavy atom. The van der Waals surface area contributed by atoms with E-state index in [1.807, 2.05) is 18.4 Å². The van der Waals surface area contributed by atoms with Gasteiger partial charge in [-0.1, -0.05) is 12.2 Å². The number of rotatable bonds is 0. The standard InChI is InChI=1S/C8H8N2/c9-7-2-1-6-3-4-10-8(6)5-7/h1-6H,9H2/t6-/m0/s1. The van der Waals surface area contributed by atoms with Crippen molar-refractivity contribution >= 4 is 5.71 Å². The van der Waals surface area contributed by atoms with Crippen molar-refractivity contribution in [2.75, 3.05) is 0 Å². The topological polar surface area (TPSA) is 38.4 Å². The highest BCUT2D eigenvalue weighted by Gasteiger charge is 2.14. The molecule has 1 atom stereocenters. The molecule has 10 heavy (non-hydrogen) atoms. The van der Waals surface area contributed by atoms with Gasteiger partial charge >= 0.3 is 0 Å². The molecule has 1 aliphatic carbocycles. The van der Waals surface area contributed by atoms with Gasteiger partial charge in [-0.15, -0.1) is 0 Å². The maximum atomic E-state index is 5.56. The maximum absolute atomic E-state index is 5.56. The molecule has 0 aromatic rings. The Morgan fingerprint density at radius 2 is 2.30 bits per heavy atom. The van der Waals surface area contributed by atoms with Crippen molar-refractivity contribution in [1.82, 2.24) is 0 Å². The van der Waals surface area contributed by atoms with Crippen molar-refractivity contribution in [2.24, 2.45) is 16.6 Å². The molecule has 2 heteroatoms. The second kappa shape index (κ2) is 1.84. The van der Waals surface area contributed by atoms with E-state index in [2.05, 4.69) is 17.1 Å². The molecule has 0 aromatic heterocycles. The van der Waals surface area contributed by atoms with Crippen LogP contribution in [0.2, 0.25) is 0 Å². The molecule has 0 radical (unpaired) electrons. The van der Waals surface area contributed by atoms with Crippen molar-refractivity contribution in [1.29, 1.82) is 0 Å². The van der Waals surface area contributed by atoms with Crippen LogP contribution in [0, 0.1) is 5.92 Å². The minimum absolute atomic E-state index is 0.382. The third-order valence-corrected chi connectivity index (χ3v) is 1.67. The zero-order valence-electron chi connectivity index (χ0n) is 5.49. The summed E-state index contributed by atoms with van der Waals surface area (Å²) in [4.78, 5) is 4.14. The SMILES string of the molecule is NC1=CC2=NC=C[C@@H]2C=C1. The van der Waals surface area contributed by atoms with Gasteiger partial charge in [-0.25, -0.2) is 0 Å². The normalized spacial score (nSPS) is 27.8. The summed E-state index contributed by atoms with van der Waals surface area (Å²) in [6, 6.07) is 0. The molecule has 0 amide bonds. The maximum Gasteiger partial charge on any atom is 0.0531 e. The Hall–Kier alpha value is -1.31. The monoisotopic (exact) mass is 132 g/mol. The molecule has 2 rings (SSSR count). The van der Waals surface area contributed by atoms with E-state index in [-0.39, 0.29) is 0 Å². The van der Waals surface area contributed by atoms with E-state index in [1.165, 1.54) is 0 Å². The van der Waals surface area contributed by atoms with Crippen LogP contribution in [0.3, 0.4) is 0 Å². The summed E-state index contributed by atoms with van der Waals surface area (Å²) in [7, 11) is 0. The van der Waals surface area contributed by atoms with Crippen LogP contribution in [0.15, 0.2) is 41.2 Å². The van der Waals surface area contributed by atoms with E-state index in [1.54, 1.807) is 0 Å². The first-order chi connectivity index (χ1) is 4.86. The molecule has 0 fully saturated rings. The predicted octanol–water partition coefficient (Wildman–Crippen LogP) is 0.983. The number of nitrogens with zero attached hydrogens (tertiary/aromatic N) is 1. The number of nitrogens with two attached hydrogens (primary N) is 1. The molecule has 0 spiro atoms. The van der Waals surface area contributed by atoms with Crippen LogP contribution in [0.1, 0.15) is 0 Å². The highest BCUT2D eigenvalue weighted by molar-refractivity contribution is 6.02. The minimum atomic E-state index is 0.382. The molecule has 50 valence electrons. The zero-order valence-corrected chi connectivity index (χ0v) is 5.49. The van der Waals surface area contributed by atoms with E-state index < -0.39 is 0 Å². The first-order valence-corrected chi connectivity index (χ1v) is 3.26. The lowest BCUT2D eigenvalue weighted by molar-refractivity contribution is 1.14. The van der Waals surface area contributed by atoms with Crippen LogP contribution in [-0.4, -0.2) is 5.71 Å². The van der Waals surface area contributed by atoms with Crippen molar-refractivity contribution in [3.8, 4) is 0 Å².